The molecule has 1 spiro atoms. The van der Waals surface area contributed by atoms with Gasteiger partial charge in [-0.2, -0.15) is 0 Å². The van der Waals surface area contributed by atoms with Crippen molar-refractivity contribution in [2.75, 3.05) is 27.3 Å². The molecular formula is C24H30ClNO3. The second-order valence-electron chi connectivity index (χ2n) is 7.93. The summed E-state index contributed by atoms with van der Waals surface area (Å²) in [6.45, 7) is 1.93. The fourth-order valence-electron chi connectivity index (χ4n) is 4.85. The maximum absolute atomic E-state index is 13.6. The van der Waals surface area contributed by atoms with Crippen molar-refractivity contribution in [2.24, 2.45) is 0 Å². The zero-order valence-corrected chi connectivity index (χ0v) is 18.1. The number of fused-ring (bicyclic) bond motifs is 1. The number of methoxy groups -OCH3 is 2. The van der Waals surface area contributed by atoms with Crippen LogP contribution in [0.25, 0.3) is 0 Å². The molecule has 0 N–H and O–H groups in total. The Morgan fingerprint density at radius 1 is 0.966 bits per heavy atom. The Hall–Kier alpha value is -2.04. The number of halogens is 1. The number of piperidine rings is 1. The Bertz CT molecular complexity index is 852. The zero-order chi connectivity index (χ0) is 19.6. The van der Waals surface area contributed by atoms with Crippen LogP contribution in [-0.4, -0.2) is 43.5 Å². The van der Waals surface area contributed by atoms with Gasteiger partial charge >= 0.3 is 0 Å². The van der Waals surface area contributed by atoms with E-state index in [1.54, 1.807) is 14.2 Å². The van der Waals surface area contributed by atoms with Crippen molar-refractivity contribution >= 4 is 18.2 Å². The second-order valence-corrected chi connectivity index (χ2v) is 7.93. The van der Waals surface area contributed by atoms with Crippen molar-refractivity contribution in [3.8, 4) is 11.5 Å². The minimum Gasteiger partial charge on any atom is -0.497 e. The fourth-order valence-corrected chi connectivity index (χ4v) is 4.85. The molecule has 1 aliphatic heterocycles. The number of rotatable bonds is 5. The van der Waals surface area contributed by atoms with E-state index in [1.807, 2.05) is 30.3 Å². The van der Waals surface area contributed by atoms with Crippen molar-refractivity contribution in [1.82, 2.24) is 4.90 Å². The molecule has 4 nitrogen and oxygen atoms in total. The minimum atomic E-state index is -0.327. The molecule has 1 aliphatic carbocycles. The lowest BCUT2D eigenvalue weighted by atomic mass is 9.71. The Balaban J connectivity index is 0.00000240. The first kappa shape index (κ1) is 21.7. The van der Waals surface area contributed by atoms with Crippen molar-refractivity contribution in [3.63, 3.8) is 0 Å². The van der Waals surface area contributed by atoms with Crippen molar-refractivity contribution in [2.45, 2.75) is 44.1 Å². The summed E-state index contributed by atoms with van der Waals surface area (Å²) in [6, 6.07) is 14.2. The summed E-state index contributed by atoms with van der Waals surface area (Å²) < 4.78 is 10.6. The van der Waals surface area contributed by atoms with Crippen LogP contribution in [0.4, 0.5) is 0 Å². The van der Waals surface area contributed by atoms with E-state index in [2.05, 4.69) is 17.0 Å². The van der Waals surface area contributed by atoms with E-state index < -0.39 is 0 Å². The first-order valence-electron chi connectivity index (χ1n) is 10.3. The average molecular weight is 416 g/mol. The van der Waals surface area contributed by atoms with Gasteiger partial charge in [0.2, 0.25) is 0 Å². The van der Waals surface area contributed by atoms with Crippen LogP contribution in [0, 0.1) is 0 Å². The molecule has 1 atom stereocenters. The van der Waals surface area contributed by atoms with Gasteiger partial charge in [-0.3, -0.25) is 9.69 Å². The fraction of sp³-hybridized carbons (Fsp3) is 0.458. The van der Waals surface area contributed by atoms with Crippen LogP contribution in [0.2, 0.25) is 0 Å². The highest BCUT2D eigenvalue weighted by Crippen LogP contribution is 2.40. The summed E-state index contributed by atoms with van der Waals surface area (Å²) in [5, 5.41) is 0. The van der Waals surface area contributed by atoms with Crippen LogP contribution >= 0.6 is 12.4 Å². The first-order chi connectivity index (χ1) is 13.7. The lowest BCUT2D eigenvalue weighted by Gasteiger charge is -2.48. The first-order valence-corrected chi connectivity index (χ1v) is 10.3. The predicted molar refractivity (Wildman–Crippen MR) is 118 cm³/mol. The topological polar surface area (TPSA) is 38.8 Å². The van der Waals surface area contributed by atoms with Gasteiger partial charge in [0.25, 0.3) is 0 Å². The molecule has 2 aliphatic rings. The molecule has 0 bridgehead atoms. The highest BCUT2D eigenvalue weighted by atomic mass is 35.5. The molecule has 2 aromatic rings. The van der Waals surface area contributed by atoms with Crippen LogP contribution in [-0.2, 0) is 12.8 Å². The third-order valence-electron chi connectivity index (χ3n) is 6.49. The number of ketones is 1. The standard InChI is InChI=1S/C24H29NO3.ClH/c1-27-20-7-5-18(6-8-20)12-16-25-15-4-3-13-24(25)14-11-19-17-21(28-2)9-10-22(19)23(24)26;/h5-10,17H,3-4,11-16H2,1-2H3;1H/t24-;/m0./s1. The normalized spacial score (nSPS) is 21.4. The third kappa shape index (κ3) is 4.15. The van der Waals surface area contributed by atoms with Gasteiger partial charge in [-0.1, -0.05) is 12.1 Å². The molecule has 0 radical (unpaired) electrons. The highest BCUT2D eigenvalue weighted by Gasteiger charge is 2.47. The summed E-state index contributed by atoms with van der Waals surface area (Å²) in [4.78, 5) is 16.1. The number of hydrogen-bond acceptors (Lipinski definition) is 4. The Kier molecular flexibility index (Phi) is 6.86. The van der Waals surface area contributed by atoms with Crippen molar-refractivity contribution in [3.05, 3.63) is 59.2 Å². The van der Waals surface area contributed by atoms with E-state index >= 15 is 0 Å². The molecule has 1 heterocycles. The summed E-state index contributed by atoms with van der Waals surface area (Å²) in [7, 11) is 3.37. The monoisotopic (exact) mass is 415 g/mol. The third-order valence-corrected chi connectivity index (χ3v) is 6.49. The van der Waals surface area contributed by atoms with Gasteiger partial charge in [-0.15, -0.1) is 12.4 Å². The largest absolute Gasteiger partial charge is 0.497 e. The summed E-state index contributed by atoms with van der Waals surface area (Å²) in [6.07, 6.45) is 6.09. The number of carbonyl (C=O) groups is 1. The Morgan fingerprint density at radius 2 is 1.69 bits per heavy atom. The zero-order valence-electron chi connectivity index (χ0n) is 17.3. The van der Waals surface area contributed by atoms with Crippen molar-refractivity contribution in [1.29, 1.82) is 0 Å². The Labute approximate surface area is 179 Å². The van der Waals surface area contributed by atoms with Gasteiger partial charge < -0.3 is 9.47 Å². The maximum atomic E-state index is 13.6. The summed E-state index contributed by atoms with van der Waals surface area (Å²) in [5.74, 6) is 2.03. The van der Waals surface area contributed by atoms with Gasteiger partial charge in [0.05, 0.1) is 19.8 Å². The SMILES string of the molecule is COc1ccc(CCN2CCCC[C@@]23CCc2cc(OC)ccc2C3=O)cc1.Cl. The number of Topliss-reactive ketones (excluding diaryl/α,β-unsaturated/α-hetero) is 1. The van der Waals surface area contributed by atoms with E-state index in [0.717, 1.165) is 67.8 Å². The minimum absolute atomic E-state index is 0. The molecule has 156 valence electrons. The molecule has 5 heteroatoms. The molecule has 4 rings (SSSR count). The molecule has 29 heavy (non-hydrogen) atoms. The van der Waals surface area contributed by atoms with E-state index in [-0.39, 0.29) is 17.9 Å². The van der Waals surface area contributed by atoms with Crippen LogP contribution in [0.5, 0.6) is 11.5 Å². The molecule has 0 amide bonds. The van der Waals surface area contributed by atoms with Crippen LogP contribution < -0.4 is 9.47 Å². The van der Waals surface area contributed by atoms with Gasteiger partial charge in [-0.05, 0) is 86.5 Å². The van der Waals surface area contributed by atoms with Gasteiger partial charge in [-0.25, -0.2) is 0 Å². The van der Waals surface area contributed by atoms with E-state index in [4.69, 9.17) is 9.47 Å². The van der Waals surface area contributed by atoms with E-state index in [1.165, 1.54) is 12.0 Å². The van der Waals surface area contributed by atoms with Crippen molar-refractivity contribution < 1.29 is 14.3 Å². The van der Waals surface area contributed by atoms with E-state index in [9.17, 15) is 4.79 Å². The number of aryl methyl sites for hydroxylation is 1. The second kappa shape index (κ2) is 9.19. The maximum Gasteiger partial charge on any atom is 0.183 e. The van der Waals surface area contributed by atoms with Crippen LogP contribution in [0.15, 0.2) is 42.5 Å². The number of likely N-dealkylation sites (tertiary alicyclic amines) is 1. The molecule has 0 saturated carbocycles. The molecule has 0 unspecified atom stereocenters. The molecule has 1 fully saturated rings. The summed E-state index contributed by atoms with van der Waals surface area (Å²) >= 11 is 0. The molecule has 1 saturated heterocycles. The number of carbonyl (C=O) groups excluding carboxylic acids is 1. The molecule has 0 aromatic heterocycles. The smallest absolute Gasteiger partial charge is 0.183 e. The highest BCUT2D eigenvalue weighted by molar-refractivity contribution is 6.05. The number of hydrogen-bond donors (Lipinski definition) is 0. The van der Waals surface area contributed by atoms with Gasteiger partial charge in [0.15, 0.2) is 5.78 Å². The quantitative estimate of drug-likeness (QED) is 0.708. The molecule has 2 aromatic carbocycles. The Morgan fingerprint density at radius 3 is 2.41 bits per heavy atom. The van der Waals surface area contributed by atoms with Gasteiger partial charge in [0.1, 0.15) is 11.5 Å². The van der Waals surface area contributed by atoms with Crippen LogP contribution in [0.1, 0.15) is 47.2 Å². The lowest BCUT2D eigenvalue weighted by Crippen LogP contribution is -2.59. The average Bonchev–Trinajstić information content (AvgIpc) is 2.76. The van der Waals surface area contributed by atoms with Gasteiger partial charge in [0, 0.05) is 12.1 Å². The summed E-state index contributed by atoms with van der Waals surface area (Å²) in [5.41, 5.74) is 2.99. The molecular weight excluding hydrogens is 386 g/mol. The van der Waals surface area contributed by atoms with E-state index in [0.29, 0.717) is 5.78 Å². The number of benzene rings is 2. The lowest BCUT2D eigenvalue weighted by molar-refractivity contribution is 0.0298. The van der Waals surface area contributed by atoms with Crippen LogP contribution in [0.3, 0.4) is 0 Å². The number of ether oxygens (including phenoxy) is 2. The predicted octanol–water partition coefficient (Wildman–Crippen LogP) is 4.72. The number of nitrogens with zero attached hydrogens (tertiary/aromatic N) is 1.